The van der Waals surface area contributed by atoms with Crippen LogP contribution in [0.1, 0.15) is 11.1 Å². The van der Waals surface area contributed by atoms with E-state index < -0.39 is 0 Å². The number of aromatic hydroxyl groups is 2. The molecule has 17 heavy (non-hydrogen) atoms. The Labute approximate surface area is 99.1 Å². The van der Waals surface area contributed by atoms with Crippen LogP contribution in [0.15, 0.2) is 36.4 Å². The van der Waals surface area contributed by atoms with Crippen molar-refractivity contribution in [1.82, 2.24) is 0 Å². The SMILES string of the molecule is Nc1cccc([C]c2cccc(N)c2O)c1O. The first-order valence-corrected chi connectivity index (χ1v) is 5.01. The molecule has 0 saturated heterocycles. The first kappa shape index (κ1) is 11.1. The molecule has 4 heteroatoms. The van der Waals surface area contributed by atoms with Gasteiger partial charge in [-0.3, -0.25) is 0 Å². The quantitative estimate of drug-likeness (QED) is 0.465. The van der Waals surface area contributed by atoms with E-state index in [0.29, 0.717) is 11.1 Å². The van der Waals surface area contributed by atoms with Crippen LogP contribution < -0.4 is 11.5 Å². The van der Waals surface area contributed by atoms with Crippen LogP contribution in [-0.4, -0.2) is 10.2 Å². The predicted molar refractivity (Wildman–Crippen MR) is 66.5 cm³/mol. The minimum atomic E-state index is -0.0608. The highest BCUT2D eigenvalue weighted by molar-refractivity contribution is 5.64. The van der Waals surface area contributed by atoms with E-state index in [9.17, 15) is 10.2 Å². The third-order valence-electron chi connectivity index (χ3n) is 2.40. The molecule has 2 rings (SSSR count). The molecule has 0 unspecified atom stereocenters. The number of phenols is 2. The molecule has 4 nitrogen and oxygen atoms in total. The fraction of sp³-hybridized carbons (Fsp3) is 0. The lowest BCUT2D eigenvalue weighted by molar-refractivity contribution is 0.471. The van der Waals surface area contributed by atoms with E-state index in [-0.39, 0.29) is 22.9 Å². The van der Waals surface area contributed by atoms with Crippen molar-refractivity contribution >= 4 is 11.4 Å². The minimum Gasteiger partial charge on any atom is -0.505 e. The van der Waals surface area contributed by atoms with Crippen LogP contribution >= 0.6 is 0 Å². The van der Waals surface area contributed by atoms with Gasteiger partial charge in [-0.05, 0) is 12.1 Å². The van der Waals surface area contributed by atoms with Gasteiger partial charge in [-0.15, -0.1) is 0 Å². The van der Waals surface area contributed by atoms with Crippen LogP contribution in [0.5, 0.6) is 11.5 Å². The van der Waals surface area contributed by atoms with Gasteiger partial charge in [0.25, 0.3) is 0 Å². The van der Waals surface area contributed by atoms with Crippen LogP contribution in [0, 0.1) is 6.42 Å². The molecule has 0 amide bonds. The highest BCUT2D eigenvalue weighted by Gasteiger charge is 2.10. The van der Waals surface area contributed by atoms with Crippen molar-refractivity contribution in [2.75, 3.05) is 11.5 Å². The van der Waals surface area contributed by atoms with Crippen molar-refractivity contribution in [2.45, 2.75) is 0 Å². The maximum atomic E-state index is 9.72. The summed E-state index contributed by atoms with van der Waals surface area (Å²) >= 11 is 0. The molecule has 86 valence electrons. The van der Waals surface area contributed by atoms with E-state index in [0.717, 1.165) is 0 Å². The molecular formula is C13H12N2O2. The normalized spacial score (nSPS) is 10.4. The molecule has 2 aromatic rings. The third-order valence-corrected chi connectivity index (χ3v) is 2.40. The van der Waals surface area contributed by atoms with Crippen molar-refractivity contribution in [3.05, 3.63) is 53.9 Å². The molecule has 0 aromatic heterocycles. The standard InChI is InChI=1S/C13H12N2O2/c14-10-5-1-3-8(12(10)16)7-9-4-2-6-11(15)13(9)17/h1-6,16-17H,14-15H2. The van der Waals surface area contributed by atoms with Crippen LogP contribution in [-0.2, 0) is 0 Å². The Morgan fingerprint density at radius 1 is 0.765 bits per heavy atom. The lowest BCUT2D eigenvalue weighted by atomic mass is 10.0. The Morgan fingerprint density at radius 3 is 1.59 bits per heavy atom. The molecule has 0 aliphatic rings. The van der Waals surface area contributed by atoms with Crippen molar-refractivity contribution in [3.63, 3.8) is 0 Å². The minimum absolute atomic E-state index is 0.0608. The number of hydrogen-bond acceptors (Lipinski definition) is 4. The Morgan fingerprint density at radius 2 is 1.18 bits per heavy atom. The smallest absolute Gasteiger partial charge is 0.142 e. The summed E-state index contributed by atoms with van der Waals surface area (Å²) in [5.74, 6) is -0.122. The number of nitrogens with two attached hydrogens (primary N) is 2. The van der Waals surface area contributed by atoms with Crippen molar-refractivity contribution in [2.24, 2.45) is 0 Å². The average Bonchev–Trinajstić information content (AvgIpc) is 2.31. The van der Waals surface area contributed by atoms with Crippen LogP contribution in [0.25, 0.3) is 0 Å². The van der Waals surface area contributed by atoms with Crippen molar-refractivity contribution in [3.8, 4) is 11.5 Å². The zero-order chi connectivity index (χ0) is 12.4. The molecular weight excluding hydrogens is 216 g/mol. The maximum absolute atomic E-state index is 9.72. The van der Waals surface area contributed by atoms with Crippen molar-refractivity contribution < 1.29 is 10.2 Å². The van der Waals surface area contributed by atoms with Gasteiger partial charge in [0.05, 0.1) is 17.8 Å². The summed E-state index contributed by atoms with van der Waals surface area (Å²) in [6.07, 6.45) is 2.86. The number of rotatable bonds is 2. The molecule has 0 atom stereocenters. The van der Waals surface area contributed by atoms with Crippen molar-refractivity contribution in [1.29, 1.82) is 0 Å². The molecule has 2 radical (unpaired) electrons. The van der Waals surface area contributed by atoms with Gasteiger partial charge in [0.1, 0.15) is 11.5 Å². The molecule has 2 aromatic carbocycles. The summed E-state index contributed by atoms with van der Waals surface area (Å²) in [5.41, 5.74) is 12.5. The van der Waals surface area contributed by atoms with E-state index in [1.54, 1.807) is 36.4 Å². The Hall–Kier alpha value is -2.36. The Kier molecular flexibility index (Phi) is 2.78. The summed E-state index contributed by atoms with van der Waals surface area (Å²) in [4.78, 5) is 0. The van der Waals surface area contributed by atoms with E-state index in [4.69, 9.17) is 11.5 Å². The second-order valence-corrected chi connectivity index (χ2v) is 3.61. The molecule has 0 heterocycles. The van der Waals surface area contributed by atoms with Crippen LogP contribution in [0.3, 0.4) is 0 Å². The molecule has 0 aliphatic carbocycles. The Balaban J connectivity index is 2.38. The fourth-order valence-corrected chi connectivity index (χ4v) is 1.47. The fourth-order valence-electron chi connectivity index (χ4n) is 1.47. The van der Waals surface area contributed by atoms with E-state index in [2.05, 4.69) is 6.42 Å². The number of benzene rings is 2. The van der Waals surface area contributed by atoms with E-state index in [1.807, 2.05) is 0 Å². The van der Waals surface area contributed by atoms with Gasteiger partial charge in [-0.2, -0.15) is 0 Å². The summed E-state index contributed by atoms with van der Waals surface area (Å²) in [6, 6.07) is 9.85. The first-order chi connectivity index (χ1) is 8.09. The summed E-state index contributed by atoms with van der Waals surface area (Å²) in [6.45, 7) is 0. The summed E-state index contributed by atoms with van der Waals surface area (Å²) in [5, 5.41) is 19.4. The highest BCUT2D eigenvalue weighted by atomic mass is 16.3. The van der Waals surface area contributed by atoms with E-state index in [1.165, 1.54) is 0 Å². The number of hydrogen-bond donors (Lipinski definition) is 4. The molecule has 0 bridgehead atoms. The third kappa shape index (κ3) is 2.10. The van der Waals surface area contributed by atoms with Crippen LogP contribution in [0.2, 0.25) is 0 Å². The zero-order valence-corrected chi connectivity index (χ0v) is 9.01. The molecule has 0 spiro atoms. The predicted octanol–water partition coefficient (Wildman–Crippen LogP) is 1.74. The second kappa shape index (κ2) is 4.25. The summed E-state index contributed by atoms with van der Waals surface area (Å²) < 4.78 is 0. The van der Waals surface area contributed by atoms with Gasteiger partial charge < -0.3 is 21.7 Å². The van der Waals surface area contributed by atoms with E-state index >= 15 is 0 Å². The van der Waals surface area contributed by atoms with Gasteiger partial charge in [-0.25, -0.2) is 0 Å². The molecule has 0 saturated carbocycles. The van der Waals surface area contributed by atoms with Gasteiger partial charge in [-0.1, -0.05) is 24.3 Å². The number of nitrogen functional groups attached to an aromatic ring is 2. The molecule has 0 fully saturated rings. The highest BCUT2D eigenvalue weighted by Crippen LogP contribution is 2.32. The molecule has 6 N–H and O–H groups in total. The van der Waals surface area contributed by atoms with Gasteiger partial charge in [0.2, 0.25) is 0 Å². The molecule has 0 aliphatic heterocycles. The number of anilines is 2. The lowest BCUT2D eigenvalue weighted by Crippen LogP contribution is -1.93. The van der Waals surface area contributed by atoms with Crippen LogP contribution in [0.4, 0.5) is 11.4 Å². The first-order valence-electron chi connectivity index (χ1n) is 5.01. The summed E-state index contributed by atoms with van der Waals surface area (Å²) in [7, 11) is 0. The monoisotopic (exact) mass is 228 g/mol. The van der Waals surface area contributed by atoms with Gasteiger partial charge in [0, 0.05) is 11.1 Å². The zero-order valence-electron chi connectivity index (χ0n) is 9.01. The largest absolute Gasteiger partial charge is 0.505 e. The second-order valence-electron chi connectivity index (χ2n) is 3.61. The number of para-hydroxylation sites is 2. The lowest BCUT2D eigenvalue weighted by Gasteiger charge is -2.08. The van der Waals surface area contributed by atoms with Gasteiger partial charge in [0.15, 0.2) is 0 Å². The maximum Gasteiger partial charge on any atom is 0.142 e. The topological polar surface area (TPSA) is 92.5 Å². The Bertz CT molecular complexity index is 504. The van der Waals surface area contributed by atoms with Gasteiger partial charge >= 0.3 is 0 Å². The average molecular weight is 228 g/mol. The number of phenolic OH excluding ortho intramolecular Hbond substituents is 2.